The van der Waals surface area contributed by atoms with Crippen molar-refractivity contribution < 1.29 is 13.6 Å². The maximum absolute atomic E-state index is 12.6. The van der Waals surface area contributed by atoms with E-state index in [0.717, 1.165) is 0 Å². The molecule has 0 aromatic heterocycles. The molecule has 1 aromatic rings. The molecule has 0 amide bonds. The summed E-state index contributed by atoms with van der Waals surface area (Å²) in [6.07, 6.45) is 16.1. The van der Waals surface area contributed by atoms with Crippen LogP contribution in [0.4, 0.5) is 4.39 Å². The van der Waals surface area contributed by atoms with Gasteiger partial charge in [-0.2, -0.15) is 5.26 Å². The van der Waals surface area contributed by atoms with Crippen molar-refractivity contribution in [3.8, 4) is 18.4 Å². The predicted octanol–water partition coefficient (Wildman–Crippen LogP) is 3.69. The minimum Gasteiger partial charge on any atom is -1.00 e. The van der Waals surface area contributed by atoms with Crippen LogP contribution < -0.4 is 4.70 Å². The fourth-order valence-electron chi connectivity index (χ4n) is 3.35. The zero-order valence-corrected chi connectivity index (χ0v) is 18.9. The normalized spacial score (nSPS) is 10.2. The molecule has 29 heavy (non-hydrogen) atoms. The molecule has 1 aromatic carbocycles. The zero-order valence-electron chi connectivity index (χ0n) is 18.9. The molecule has 2 nitrogen and oxygen atoms in total. The Morgan fingerprint density at radius 3 is 1.59 bits per heavy atom. The van der Waals surface area contributed by atoms with Gasteiger partial charge in [-0.25, -0.2) is 4.39 Å². The maximum Gasteiger partial charge on any atom is 0.141 e. The third-order valence-electron chi connectivity index (χ3n) is 5.20. The van der Waals surface area contributed by atoms with Crippen molar-refractivity contribution in [1.82, 2.24) is 0 Å². The van der Waals surface area contributed by atoms with E-state index in [4.69, 9.17) is 11.7 Å². The molecule has 164 valence electrons. The van der Waals surface area contributed by atoms with Crippen molar-refractivity contribution in [3.63, 3.8) is 0 Å². The number of hydrogen-bond acceptors (Lipinski definition) is 1. The highest BCUT2D eigenvalue weighted by Gasteiger charge is 2.24. The van der Waals surface area contributed by atoms with Crippen molar-refractivity contribution in [3.05, 3.63) is 35.1 Å². The molecule has 0 unspecified atom stereocenters. The second-order valence-electron chi connectivity index (χ2n) is 7.60. The summed E-state index contributed by atoms with van der Waals surface area (Å²) in [4.78, 5) is 0. The minimum atomic E-state index is -0.536. The molecule has 0 spiro atoms. The molecule has 0 aliphatic rings. The highest BCUT2D eigenvalue weighted by atomic mass is 19.1. The monoisotopic (exact) mass is 406 g/mol. The standard InChI is InChI=1S/C16H36N.C9H4FN.FH/c1-5-9-13-17(14-10-6-2,15-11-7-3)16-12-8-4;1-2-7-3-4-9(10)8(5-7)6-11;/h5-16H2,1-4H3;1,3-5H;1H/q+1;;/p-1. The van der Waals surface area contributed by atoms with Crippen LogP contribution >= 0.6 is 0 Å². The number of hydrogen-bond donors (Lipinski definition) is 0. The largest absolute Gasteiger partial charge is 1.00 e. The van der Waals surface area contributed by atoms with E-state index in [-0.39, 0.29) is 10.3 Å². The van der Waals surface area contributed by atoms with Gasteiger partial charge in [-0.3, -0.25) is 0 Å². The van der Waals surface area contributed by atoms with Crippen molar-refractivity contribution in [1.29, 1.82) is 5.26 Å². The van der Waals surface area contributed by atoms with Gasteiger partial charge in [0.05, 0.1) is 31.7 Å². The van der Waals surface area contributed by atoms with Crippen LogP contribution in [-0.2, 0) is 0 Å². The van der Waals surface area contributed by atoms with E-state index in [1.807, 2.05) is 0 Å². The molecule has 0 aliphatic carbocycles. The third kappa shape index (κ3) is 12.3. The topological polar surface area (TPSA) is 23.8 Å². The second-order valence-corrected chi connectivity index (χ2v) is 7.60. The SMILES string of the molecule is C#Cc1ccc(F)c(C#N)c1.CCCC[N+](CCCC)(CCCC)CCCC.[F-]. The lowest BCUT2D eigenvalue weighted by atomic mass is 10.1. The van der Waals surface area contributed by atoms with Gasteiger partial charge >= 0.3 is 0 Å². The van der Waals surface area contributed by atoms with Crippen LogP contribution in [0.2, 0.25) is 0 Å². The van der Waals surface area contributed by atoms with Gasteiger partial charge in [-0.15, -0.1) is 6.42 Å². The molecule has 0 fully saturated rings. The summed E-state index contributed by atoms with van der Waals surface area (Å²) in [5.41, 5.74) is 0.503. The molecule has 0 heterocycles. The summed E-state index contributed by atoms with van der Waals surface area (Å²) >= 11 is 0. The number of nitrogens with zero attached hydrogens (tertiary/aromatic N) is 2. The fraction of sp³-hybridized carbons (Fsp3) is 0.640. The van der Waals surface area contributed by atoms with Crippen molar-refractivity contribution >= 4 is 0 Å². The molecule has 0 aliphatic heterocycles. The number of halogens is 2. The van der Waals surface area contributed by atoms with Crippen LogP contribution in [0.25, 0.3) is 0 Å². The van der Waals surface area contributed by atoms with Gasteiger partial charge in [0.1, 0.15) is 11.9 Å². The number of nitriles is 1. The van der Waals surface area contributed by atoms with E-state index in [1.54, 1.807) is 6.07 Å². The smallest absolute Gasteiger partial charge is 0.141 e. The molecular weight excluding hydrogens is 366 g/mol. The zero-order chi connectivity index (χ0) is 21.3. The summed E-state index contributed by atoms with van der Waals surface area (Å²) < 4.78 is 14.0. The lowest BCUT2D eigenvalue weighted by molar-refractivity contribution is -0.929. The van der Waals surface area contributed by atoms with Gasteiger partial charge in [0, 0.05) is 5.56 Å². The lowest BCUT2D eigenvalue weighted by Crippen LogP contribution is -3.00. The number of quaternary nitrogens is 1. The molecule has 0 N–H and O–H groups in total. The van der Waals surface area contributed by atoms with Crippen molar-refractivity contribution in [2.45, 2.75) is 79.1 Å². The number of terminal acetylenes is 1. The van der Waals surface area contributed by atoms with E-state index < -0.39 is 5.82 Å². The lowest BCUT2D eigenvalue weighted by Gasteiger charge is -2.39. The van der Waals surface area contributed by atoms with E-state index in [1.165, 1.54) is 100 Å². The Hall–Kier alpha value is -1.91. The van der Waals surface area contributed by atoms with Crippen LogP contribution in [0.1, 0.15) is 90.2 Å². The molecule has 0 bridgehead atoms. The van der Waals surface area contributed by atoms with Gasteiger partial charge in [0.25, 0.3) is 0 Å². The third-order valence-corrected chi connectivity index (χ3v) is 5.20. The molecule has 0 saturated carbocycles. The molecule has 4 heteroatoms. The van der Waals surface area contributed by atoms with Gasteiger partial charge in [-0.1, -0.05) is 59.3 Å². The Bertz CT molecular complexity index is 577. The maximum atomic E-state index is 12.6. The molecule has 0 radical (unpaired) electrons. The van der Waals surface area contributed by atoms with Crippen LogP contribution in [-0.4, -0.2) is 30.7 Å². The Balaban J connectivity index is 0. The highest BCUT2D eigenvalue weighted by Crippen LogP contribution is 2.16. The molecular formula is C25H40F2N2. The predicted molar refractivity (Wildman–Crippen MR) is 118 cm³/mol. The summed E-state index contributed by atoms with van der Waals surface area (Å²) in [6.45, 7) is 15.0. The van der Waals surface area contributed by atoms with Gasteiger partial charge in [0.2, 0.25) is 0 Å². The number of rotatable bonds is 12. The summed E-state index contributed by atoms with van der Waals surface area (Å²) in [5.74, 6) is 1.78. The second kappa shape index (κ2) is 18.1. The minimum absolute atomic E-state index is 0. The van der Waals surface area contributed by atoms with Crippen LogP contribution in [0, 0.1) is 29.5 Å². The summed E-state index contributed by atoms with van der Waals surface area (Å²) in [7, 11) is 0. The average Bonchev–Trinajstić information content (AvgIpc) is 2.73. The quantitative estimate of drug-likeness (QED) is 0.384. The molecule has 0 saturated heterocycles. The Kier molecular flexibility index (Phi) is 18.3. The van der Waals surface area contributed by atoms with Gasteiger partial charge < -0.3 is 9.19 Å². The Labute approximate surface area is 178 Å². The fourth-order valence-corrected chi connectivity index (χ4v) is 3.35. The van der Waals surface area contributed by atoms with E-state index in [9.17, 15) is 4.39 Å². The highest BCUT2D eigenvalue weighted by molar-refractivity contribution is 5.41. The first kappa shape index (κ1) is 29.3. The summed E-state index contributed by atoms with van der Waals surface area (Å²) in [6, 6.07) is 5.68. The van der Waals surface area contributed by atoms with E-state index in [0.29, 0.717) is 5.56 Å². The Morgan fingerprint density at radius 2 is 1.28 bits per heavy atom. The van der Waals surface area contributed by atoms with Gasteiger partial charge in [-0.05, 0) is 43.9 Å². The first-order valence-corrected chi connectivity index (χ1v) is 11.0. The average molecular weight is 407 g/mol. The summed E-state index contributed by atoms with van der Waals surface area (Å²) in [5, 5.41) is 8.38. The van der Waals surface area contributed by atoms with Gasteiger partial charge in [0.15, 0.2) is 0 Å². The van der Waals surface area contributed by atoms with Crippen LogP contribution in [0.15, 0.2) is 18.2 Å². The number of unbranched alkanes of at least 4 members (excludes halogenated alkanes) is 4. The van der Waals surface area contributed by atoms with Crippen LogP contribution in [0.5, 0.6) is 0 Å². The van der Waals surface area contributed by atoms with Crippen molar-refractivity contribution in [2.75, 3.05) is 26.2 Å². The van der Waals surface area contributed by atoms with Crippen LogP contribution in [0.3, 0.4) is 0 Å². The van der Waals surface area contributed by atoms with E-state index >= 15 is 0 Å². The first-order valence-electron chi connectivity index (χ1n) is 11.0. The molecule has 0 atom stereocenters. The number of benzene rings is 1. The molecule has 1 rings (SSSR count). The van der Waals surface area contributed by atoms with E-state index in [2.05, 4.69) is 33.6 Å². The Morgan fingerprint density at radius 1 is 0.862 bits per heavy atom. The van der Waals surface area contributed by atoms with Crippen molar-refractivity contribution in [2.24, 2.45) is 0 Å². The first-order chi connectivity index (χ1) is 13.5.